The molecule has 1 heterocycles. The van der Waals surface area contributed by atoms with Crippen LogP contribution in [0.2, 0.25) is 0 Å². The number of nitrogens with zero attached hydrogens (tertiary/aromatic N) is 1. The lowest BCUT2D eigenvalue weighted by molar-refractivity contribution is -0.112. The van der Waals surface area contributed by atoms with Gasteiger partial charge in [-0.05, 0) is 54.3 Å². The highest BCUT2D eigenvalue weighted by atomic mass is 16.6. The summed E-state index contributed by atoms with van der Waals surface area (Å²) in [5.41, 5.74) is 2.65. The largest absolute Gasteiger partial charge is 0.486 e. The van der Waals surface area contributed by atoms with Gasteiger partial charge in [-0.1, -0.05) is 31.5 Å². The van der Waals surface area contributed by atoms with Crippen molar-refractivity contribution in [2.75, 3.05) is 18.5 Å². The molecule has 0 aliphatic carbocycles. The maximum atomic E-state index is 12.4. The third-order valence-corrected chi connectivity index (χ3v) is 4.27. The molecule has 0 atom stereocenters. The normalized spacial score (nSPS) is 13.0. The summed E-state index contributed by atoms with van der Waals surface area (Å²) in [6.07, 6.45) is 4.86. The van der Waals surface area contributed by atoms with Crippen LogP contribution in [-0.4, -0.2) is 19.1 Å². The second-order valence-electron chi connectivity index (χ2n) is 6.33. The van der Waals surface area contributed by atoms with Gasteiger partial charge >= 0.3 is 0 Å². The Hall–Kier alpha value is -3.26. The zero-order chi connectivity index (χ0) is 19.1. The summed E-state index contributed by atoms with van der Waals surface area (Å²) >= 11 is 0. The molecule has 2 aromatic rings. The summed E-state index contributed by atoms with van der Waals surface area (Å²) in [6.45, 7) is 3.16. The number of carbonyl (C=O) groups excluding carboxylic acids is 1. The van der Waals surface area contributed by atoms with Gasteiger partial charge in [0.1, 0.15) is 24.9 Å². The summed E-state index contributed by atoms with van der Waals surface area (Å²) in [7, 11) is 0. The first-order valence-corrected chi connectivity index (χ1v) is 9.11. The molecule has 0 fully saturated rings. The number of amides is 1. The number of rotatable bonds is 6. The van der Waals surface area contributed by atoms with E-state index in [0.29, 0.717) is 36.0 Å². The van der Waals surface area contributed by atoms with E-state index >= 15 is 0 Å². The molecule has 1 amide bonds. The second-order valence-corrected chi connectivity index (χ2v) is 6.33. The lowest BCUT2D eigenvalue weighted by Crippen LogP contribution is -2.15. The Morgan fingerprint density at radius 2 is 1.89 bits per heavy atom. The number of anilines is 1. The van der Waals surface area contributed by atoms with Crippen molar-refractivity contribution in [3.8, 4) is 17.6 Å². The Morgan fingerprint density at radius 1 is 1.15 bits per heavy atom. The molecule has 5 heteroatoms. The standard InChI is InChI=1S/C22H22N2O3/c1-2-3-4-16-5-8-19(9-6-16)24-22(25)18(15-23)13-17-7-10-20-21(14-17)27-12-11-26-20/h5-10,13-14H,2-4,11-12H2,1H3,(H,24,25)/b18-13+. The topological polar surface area (TPSA) is 71.4 Å². The van der Waals surface area contributed by atoms with E-state index in [1.165, 1.54) is 5.56 Å². The number of unbranched alkanes of at least 4 members (excludes halogenated alkanes) is 1. The van der Waals surface area contributed by atoms with E-state index in [2.05, 4.69) is 12.2 Å². The first-order valence-electron chi connectivity index (χ1n) is 9.11. The number of hydrogen-bond acceptors (Lipinski definition) is 4. The SMILES string of the molecule is CCCCc1ccc(NC(=O)/C(C#N)=C/c2ccc3c(c2)OCCO3)cc1. The Labute approximate surface area is 159 Å². The van der Waals surface area contributed by atoms with Crippen LogP contribution in [0.5, 0.6) is 11.5 Å². The summed E-state index contributed by atoms with van der Waals surface area (Å²) in [4.78, 5) is 12.4. The van der Waals surface area contributed by atoms with Crippen LogP contribution < -0.4 is 14.8 Å². The van der Waals surface area contributed by atoms with Gasteiger partial charge in [-0.2, -0.15) is 5.26 Å². The molecule has 0 saturated carbocycles. The quantitative estimate of drug-likeness (QED) is 0.613. The molecule has 0 saturated heterocycles. The maximum Gasteiger partial charge on any atom is 0.266 e. The summed E-state index contributed by atoms with van der Waals surface area (Å²) in [6, 6.07) is 15.0. The van der Waals surface area contributed by atoms with Crippen LogP contribution in [0.25, 0.3) is 6.08 Å². The van der Waals surface area contributed by atoms with Gasteiger partial charge in [0.2, 0.25) is 0 Å². The molecule has 2 aromatic carbocycles. The number of aryl methyl sites for hydroxylation is 1. The van der Waals surface area contributed by atoms with Crippen molar-refractivity contribution in [1.29, 1.82) is 5.26 Å². The predicted octanol–water partition coefficient (Wildman–Crippen LogP) is 4.35. The number of benzene rings is 2. The van der Waals surface area contributed by atoms with Gasteiger partial charge in [0.25, 0.3) is 5.91 Å². The van der Waals surface area contributed by atoms with Gasteiger partial charge in [0, 0.05) is 5.69 Å². The van der Waals surface area contributed by atoms with Crippen molar-refractivity contribution in [3.05, 3.63) is 59.2 Å². The first-order chi connectivity index (χ1) is 13.2. The van der Waals surface area contributed by atoms with E-state index < -0.39 is 5.91 Å². The maximum absolute atomic E-state index is 12.4. The lowest BCUT2D eigenvalue weighted by Gasteiger charge is -2.18. The van der Waals surface area contributed by atoms with Crippen molar-refractivity contribution in [2.24, 2.45) is 0 Å². The first kappa shape index (κ1) is 18.5. The molecule has 1 N–H and O–H groups in total. The van der Waals surface area contributed by atoms with Gasteiger partial charge in [0.05, 0.1) is 0 Å². The monoisotopic (exact) mass is 362 g/mol. The molecular weight excluding hydrogens is 340 g/mol. The fourth-order valence-electron chi connectivity index (χ4n) is 2.80. The summed E-state index contributed by atoms with van der Waals surface area (Å²) in [5, 5.41) is 12.2. The van der Waals surface area contributed by atoms with E-state index in [1.807, 2.05) is 30.3 Å². The smallest absolute Gasteiger partial charge is 0.266 e. The third-order valence-electron chi connectivity index (χ3n) is 4.27. The average molecular weight is 362 g/mol. The molecule has 3 rings (SSSR count). The van der Waals surface area contributed by atoms with Crippen LogP contribution in [0.4, 0.5) is 5.69 Å². The van der Waals surface area contributed by atoms with Crippen LogP contribution in [0.15, 0.2) is 48.0 Å². The van der Waals surface area contributed by atoms with Crippen LogP contribution >= 0.6 is 0 Å². The third kappa shape index (κ3) is 4.89. The highest BCUT2D eigenvalue weighted by Crippen LogP contribution is 2.31. The Morgan fingerprint density at radius 3 is 2.59 bits per heavy atom. The minimum atomic E-state index is -0.436. The molecule has 0 unspecified atom stereocenters. The van der Waals surface area contributed by atoms with Crippen molar-refractivity contribution >= 4 is 17.7 Å². The number of ether oxygens (including phenoxy) is 2. The highest BCUT2D eigenvalue weighted by molar-refractivity contribution is 6.09. The van der Waals surface area contributed by atoms with Gasteiger partial charge < -0.3 is 14.8 Å². The highest BCUT2D eigenvalue weighted by Gasteiger charge is 2.13. The van der Waals surface area contributed by atoms with Crippen molar-refractivity contribution in [1.82, 2.24) is 0 Å². The van der Waals surface area contributed by atoms with Crippen LogP contribution in [0, 0.1) is 11.3 Å². The average Bonchev–Trinajstić information content (AvgIpc) is 2.71. The second kappa shape index (κ2) is 8.91. The minimum Gasteiger partial charge on any atom is -0.486 e. The molecule has 1 aliphatic heterocycles. The molecule has 0 bridgehead atoms. The van der Waals surface area contributed by atoms with E-state index in [1.54, 1.807) is 24.3 Å². The van der Waals surface area contributed by atoms with Crippen LogP contribution in [0.1, 0.15) is 30.9 Å². The van der Waals surface area contributed by atoms with E-state index in [4.69, 9.17) is 9.47 Å². The predicted molar refractivity (Wildman–Crippen MR) is 105 cm³/mol. The van der Waals surface area contributed by atoms with Crippen LogP contribution in [-0.2, 0) is 11.2 Å². The van der Waals surface area contributed by atoms with E-state index in [-0.39, 0.29) is 5.57 Å². The Bertz CT molecular complexity index is 879. The lowest BCUT2D eigenvalue weighted by atomic mass is 10.1. The number of fused-ring (bicyclic) bond motifs is 1. The molecular formula is C22H22N2O3. The molecule has 5 nitrogen and oxygen atoms in total. The van der Waals surface area contributed by atoms with E-state index in [9.17, 15) is 10.1 Å². The zero-order valence-electron chi connectivity index (χ0n) is 15.3. The molecule has 0 aromatic heterocycles. The number of nitriles is 1. The fourth-order valence-corrected chi connectivity index (χ4v) is 2.80. The van der Waals surface area contributed by atoms with Crippen molar-refractivity contribution in [2.45, 2.75) is 26.2 Å². The summed E-state index contributed by atoms with van der Waals surface area (Å²) in [5.74, 6) is 0.855. The molecule has 1 aliphatic rings. The number of carbonyl (C=O) groups is 1. The molecule has 0 radical (unpaired) electrons. The van der Waals surface area contributed by atoms with Gasteiger partial charge in [-0.25, -0.2) is 0 Å². The van der Waals surface area contributed by atoms with E-state index in [0.717, 1.165) is 19.3 Å². The molecule has 0 spiro atoms. The van der Waals surface area contributed by atoms with Gasteiger partial charge in [0.15, 0.2) is 11.5 Å². The number of nitrogens with one attached hydrogen (secondary N) is 1. The van der Waals surface area contributed by atoms with Gasteiger partial charge in [-0.3, -0.25) is 4.79 Å². The molecule has 138 valence electrons. The molecule has 27 heavy (non-hydrogen) atoms. The zero-order valence-corrected chi connectivity index (χ0v) is 15.3. The minimum absolute atomic E-state index is 0.0294. The van der Waals surface area contributed by atoms with Crippen molar-refractivity contribution < 1.29 is 14.3 Å². The van der Waals surface area contributed by atoms with Crippen molar-refractivity contribution in [3.63, 3.8) is 0 Å². The number of hydrogen-bond donors (Lipinski definition) is 1. The Kier molecular flexibility index (Phi) is 6.11. The van der Waals surface area contributed by atoms with Gasteiger partial charge in [-0.15, -0.1) is 0 Å². The summed E-state index contributed by atoms with van der Waals surface area (Å²) < 4.78 is 11.0. The fraction of sp³-hybridized carbons (Fsp3) is 0.273. The Balaban J connectivity index is 1.70. The van der Waals surface area contributed by atoms with Crippen LogP contribution in [0.3, 0.4) is 0 Å².